The Morgan fingerprint density at radius 3 is 2.77 bits per heavy atom. The Bertz CT molecular complexity index is 910. The number of hydrogen-bond donors (Lipinski definition) is 1. The number of amides is 1. The van der Waals surface area contributed by atoms with E-state index >= 15 is 0 Å². The molecular formula is C20H18ClN3O2. The number of carbonyl (C=O) groups is 1. The van der Waals surface area contributed by atoms with Gasteiger partial charge in [-0.25, -0.2) is 0 Å². The van der Waals surface area contributed by atoms with Gasteiger partial charge in [0, 0.05) is 42.6 Å². The van der Waals surface area contributed by atoms with E-state index in [0.29, 0.717) is 36.2 Å². The number of piperazine rings is 1. The minimum absolute atomic E-state index is 0.0102. The summed E-state index contributed by atoms with van der Waals surface area (Å²) in [6, 6.07) is 15.0. The molecule has 26 heavy (non-hydrogen) atoms. The van der Waals surface area contributed by atoms with Gasteiger partial charge >= 0.3 is 0 Å². The van der Waals surface area contributed by atoms with Gasteiger partial charge in [0.05, 0.1) is 6.04 Å². The van der Waals surface area contributed by atoms with Crippen LogP contribution in [0.5, 0.6) is 0 Å². The highest BCUT2D eigenvalue weighted by Gasteiger charge is 2.27. The van der Waals surface area contributed by atoms with Crippen molar-refractivity contribution in [2.75, 3.05) is 19.6 Å². The van der Waals surface area contributed by atoms with E-state index in [-0.39, 0.29) is 11.9 Å². The summed E-state index contributed by atoms with van der Waals surface area (Å²) in [6.07, 6.45) is 3.40. The fourth-order valence-electron chi connectivity index (χ4n) is 3.18. The standard InChI is InChI=1S/C20H18ClN3O2/c21-16-4-2-1-3-15(16)17-13-24(12-11-23-17)20(25)19-6-5-18(26-19)14-7-9-22-10-8-14/h1-10,17,23H,11-13H2. The fourth-order valence-corrected chi connectivity index (χ4v) is 3.45. The molecule has 132 valence electrons. The predicted molar refractivity (Wildman–Crippen MR) is 100 cm³/mol. The van der Waals surface area contributed by atoms with E-state index in [1.165, 1.54) is 0 Å². The first-order valence-corrected chi connectivity index (χ1v) is 8.87. The van der Waals surface area contributed by atoms with Crippen molar-refractivity contribution in [1.82, 2.24) is 15.2 Å². The number of rotatable bonds is 3. The average Bonchev–Trinajstić information content (AvgIpc) is 3.19. The number of pyridine rings is 1. The maximum Gasteiger partial charge on any atom is 0.289 e. The molecule has 2 aromatic heterocycles. The molecule has 5 nitrogen and oxygen atoms in total. The van der Waals surface area contributed by atoms with Crippen molar-refractivity contribution in [3.63, 3.8) is 0 Å². The van der Waals surface area contributed by atoms with Crippen LogP contribution in [0.15, 0.2) is 65.3 Å². The van der Waals surface area contributed by atoms with Crippen LogP contribution in [-0.4, -0.2) is 35.4 Å². The molecule has 4 rings (SSSR count). The zero-order valence-electron chi connectivity index (χ0n) is 14.1. The summed E-state index contributed by atoms with van der Waals surface area (Å²) >= 11 is 6.31. The topological polar surface area (TPSA) is 58.4 Å². The van der Waals surface area contributed by atoms with E-state index in [1.807, 2.05) is 42.5 Å². The van der Waals surface area contributed by atoms with Crippen molar-refractivity contribution in [2.24, 2.45) is 0 Å². The number of carbonyl (C=O) groups excluding carboxylic acids is 1. The van der Waals surface area contributed by atoms with Crippen molar-refractivity contribution in [3.05, 3.63) is 77.3 Å². The first-order valence-electron chi connectivity index (χ1n) is 8.50. The van der Waals surface area contributed by atoms with Gasteiger partial charge in [-0.05, 0) is 35.9 Å². The molecule has 0 spiro atoms. The third kappa shape index (κ3) is 3.36. The van der Waals surface area contributed by atoms with E-state index in [0.717, 1.165) is 11.1 Å². The smallest absolute Gasteiger partial charge is 0.289 e. The van der Waals surface area contributed by atoms with Gasteiger partial charge < -0.3 is 14.6 Å². The average molecular weight is 368 g/mol. The van der Waals surface area contributed by atoms with Crippen LogP contribution in [0.4, 0.5) is 0 Å². The number of furan rings is 1. The third-order valence-electron chi connectivity index (χ3n) is 4.52. The SMILES string of the molecule is O=C(c1ccc(-c2ccncc2)o1)N1CCNC(c2ccccc2Cl)C1. The van der Waals surface area contributed by atoms with Crippen molar-refractivity contribution in [1.29, 1.82) is 0 Å². The van der Waals surface area contributed by atoms with Crippen LogP contribution in [0.1, 0.15) is 22.2 Å². The van der Waals surface area contributed by atoms with Gasteiger partial charge in [0.15, 0.2) is 5.76 Å². The summed E-state index contributed by atoms with van der Waals surface area (Å²) < 4.78 is 5.78. The zero-order valence-corrected chi connectivity index (χ0v) is 14.8. The van der Waals surface area contributed by atoms with Gasteiger partial charge in [-0.2, -0.15) is 0 Å². The van der Waals surface area contributed by atoms with E-state index in [4.69, 9.17) is 16.0 Å². The van der Waals surface area contributed by atoms with Gasteiger partial charge in [0.25, 0.3) is 5.91 Å². The lowest BCUT2D eigenvalue weighted by Gasteiger charge is -2.33. The van der Waals surface area contributed by atoms with E-state index in [9.17, 15) is 4.79 Å². The Hall–Kier alpha value is -2.63. The van der Waals surface area contributed by atoms with E-state index < -0.39 is 0 Å². The van der Waals surface area contributed by atoms with E-state index in [1.54, 1.807) is 23.4 Å². The van der Waals surface area contributed by atoms with Crippen LogP contribution >= 0.6 is 11.6 Å². The molecule has 1 aliphatic rings. The highest BCUT2D eigenvalue weighted by molar-refractivity contribution is 6.31. The maximum atomic E-state index is 12.9. The van der Waals surface area contributed by atoms with Crippen LogP contribution in [0.25, 0.3) is 11.3 Å². The number of aromatic nitrogens is 1. The highest BCUT2D eigenvalue weighted by atomic mass is 35.5. The largest absolute Gasteiger partial charge is 0.451 e. The van der Waals surface area contributed by atoms with Crippen LogP contribution in [0, 0.1) is 0 Å². The Labute approximate surface area is 156 Å². The molecule has 1 N–H and O–H groups in total. The van der Waals surface area contributed by atoms with Crippen molar-refractivity contribution in [2.45, 2.75) is 6.04 Å². The molecular weight excluding hydrogens is 350 g/mol. The normalized spacial score (nSPS) is 17.3. The van der Waals surface area contributed by atoms with Crippen LogP contribution < -0.4 is 5.32 Å². The second-order valence-corrected chi connectivity index (χ2v) is 6.59. The van der Waals surface area contributed by atoms with Gasteiger partial charge in [0.1, 0.15) is 5.76 Å². The van der Waals surface area contributed by atoms with Crippen molar-refractivity contribution in [3.8, 4) is 11.3 Å². The molecule has 1 aromatic carbocycles. The lowest BCUT2D eigenvalue weighted by Crippen LogP contribution is -2.48. The first kappa shape index (κ1) is 16.8. The maximum absolute atomic E-state index is 12.9. The second-order valence-electron chi connectivity index (χ2n) is 6.18. The quantitative estimate of drug-likeness (QED) is 0.765. The first-order chi connectivity index (χ1) is 12.7. The Morgan fingerprint density at radius 2 is 1.96 bits per heavy atom. The third-order valence-corrected chi connectivity index (χ3v) is 4.87. The summed E-state index contributed by atoms with van der Waals surface area (Å²) in [5, 5.41) is 4.13. The summed E-state index contributed by atoms with van der Waals surface area (Å²) in [7, 11) is 0. The minimum atomic E-state index is -0.108. The van der Waals surface area contributed by atoms with Gasteiger partial charge in [-0.15, -0.1) is 0 Å². The zero-order chi connectivity index (χ0) is 17.9. The Balaban J connectivity index is 1.51. The second kappa shape index (κ2) is 7.32. The molecule has 0 saturated carbocycles. The van der Waals surface area contributed by atoms with Crippen LogP contribution in [0.3, 0.4) is 0 Å². The Kier molecular flexibility index (Phi) is 4.73. The number of hydrogen-bond acceptors (Lipinski definition) is 4. The van der Waals surface area contributed by atoms with Crippen molar-refractivity contribution < 1.29 is 9.21 Å². The van der Waals surface area contributed by atoms with Crippen LogP contribution in [0.2, 0.25) is 5.02 Å². The molecule has 3 aromatic rings. The summed E-state index contributed by atoms with van der Waals surface area (Å²) in [6.45, 7) is 1.89. The molecule has 0 radical (unpaired) electrons. The Morgan fingerprint density at radius 1 is 1.15 bits per heavy atom. The van der Waals surface area contributed by atoms with E-state index in [2.05, 4.69) is 10.3 Å². The lowest BCUT2D eigenvalue weighted by molar-refractivity contribution is 0.0672. The van der Waals surface area contributed by atoms with Gasteiger partial charge in [0.2, 0.25) is 0 Å². The van der Waals surface area contributed by atoms with Gasteiger partial charge in [-0.3, -0.25) is 9.78 Å². The lowest BCUT2D eigenvalue weighted by atomic mass is 10.0. The molecule has 0 aliphatic carbocycles. The molecule has 1 unspecified atom stereocenters. The summed E-state index contributed by atoms with van der Waals surface area (Å²) in [4.78, 5) is 18.7. The number of nitrogens with zero attached hydrogens (tertiary/aromatic N) is 2. The van der Waals surface area contributed by atoms with Crippen molar-refractivity contribution >= 4 is 17.5 Å². The monoisotopic (exact) mass is 367 g/mol. The number of halogens is 1. The molecule has 1 atom stereocenters. The molecule has 1 fully saturated rings. The summed E-state index contributed by atoms with van der Waals surface area (Å²) in [5.41, 5.74) is 1.90. The molecule has 6 heteroatoms. The molecule has 1 amide bonds. The summed E-state index contributed by atoms with van der Waals surface area (Å²) in [5.74, 6) is 0.897. The molecule has 3 heterocycles. The minimum Gasteiger partial charge on any atom is -0.451 e. The predicted octanol–water partition coefficient (Wildman–Crippen LogP) is 3.78. The highest BCUT2D eigenvalue weighted by Crippen LogP contribution is 2.27. The number of benzene rings is 1. The molecule has 0 bridgehead atoms. The fraction of sp³-hybridized carbons (Fsp3) is 0.200. The van der Waals surface area contributed by atoms with Crippen LogP contribution in [-0.2, 0) is 0 Å². The number of nitrogens with one attached hydrogen (secondary N) is 1. The molecule has 1 saturated heterocycles. The van der Waals surface area contributed by atoms with Gasteiger partial charge in [-0.1, -0.05) is 29.8 Å². The molecule has 1 aliphatic heterocycles.